The van der Waals surface area contributed by atoms with Crippen LogP contribution in [0.4, 0.5) is 0 Å². The molecule has 0 amide bonds. The van der Waals surface area contributed by atoms with Crippen LogP contribution in [-0.2, 0) is 11.2 Å². The van der Waals surface area contributed by atoms with Crippen LogP contribution in [0, 0.1) is 6.92 Å². The summed E-state index contributed by atoms with van der Waals surface area (Å²) < 4.78 is 11.9. The smallest absolute Gasteiger partial charge is 0.194 e. The molecule has 1 heterocycles. The molecule has 0 saturated carbocycles. The summed E-state index contributed by atoms with van der Waals surface area (Å²) in [5, 5.41) is 3.31. The van der Waals surface area contributed by atoms with Gasteiger partial charge in [0, 0.05) is 30.1 Å². The van der Waals surface area contributed by atoms with Gasteiger partial charge < -0.3 is 14.5 Å². The fraction of sp³-hybridized carbons (Fsp3) is 0.438. The van der Waals surface area contributed by atoms with Gasteiger partial charge in [0.1, 0.15) is 0 Å². The summed E-state index contributed by atoms with van der Waals surface area (Å²) >= 11 is 3.60. The largest absolute Gasteiger partial charge is 0.441 e. The van der Waals surface area contributed by atoms with E-state index in [1.165, 1.54) is 5.56 Å². The molecule has 0 aliphatic rings. The van der Waals surface area contributed by atoms with Crippen LogP contribution in [0.15, 0.2) is 33.3 Å². The quantitative estimate of drug-likeness (QED) is 0.737. The lowest BCUT2D eigenvalue weighted by Crippen LogP contribution is -2.20. The summed E-state index contributed by atoms with van der Waals surface area (Å²) in [6, 6.07) is 6.13. The van der Waals surface area contributed by atoms with Gasteiger partial charge in [-0.2, -0.15) is 0 Å². The van der Waals surface area contributed by atoms with Gasteiger partial charge in [0.05, 0.1) is 12.8 Å². The molecule has 2 aromatic rings. The van der Waals surface area contributed by atoms with Gasteiger partial charge in [-0.25, -0.2) is 4.98 Å². The number of hydrogen-bond acceptors (Lipinski definition) is 4. The lowest BCUT2D eigenvalue weighted by molar-refractivity contribution is 0.199. The molecule has 0 unspecified atom stereocenters. The van der Waals surface area contributed by atoms with E-state index in [0.717, 1.165) is 54.2 Å². The first-order valence-corrected chi connectivity index (χ1v) is 7.91. The van der Waals surface area contributed by atoms with Crippen molar-refractivity contribution >= 4 is 15.9 Å². The summed E-state index contributed by atoms with van der Waals surface area (Å²) in [6.45, 7) is 4.62. The summed E-state index contributed by atoms with van der Waals surface area (Å²) in [5.74, 6) is 1.60. The minimum atomic E-state index is 0.741. The zero-order chi connectivity index (χ0) is 15.1. The van der Waals surface area contributed by atoms with Gasteiger partial charge in [0.15, 0.2) is 11.7 Å². The van der Waals surface area contributed by atoms with Crippen LogP contribution in [0.25, 0.3) is 11.3 Å². The van der Waals surface area contributed by atoms with Gasteiger partial charge in [-0.3, -0.25) is 0 Å². The number of nitrogens with one attached hydrogen (secondary N) is 1. The number of aryl methyl sites for hydroxylation is 2. The van der Waals surface area contributed by atoms with E-state index in [-0.39, 0.29) is 0 Å². The molecular formula is C16H21BrN2O2. The van der Waals surface area contributed by atoms with Crippen LogP contribution in [0.5, 0.6) is 0 Å². The Kier molecular flexibility index (Phi) is 6.42. The number of aromatic nitrogens is 1. The van der Waals surface area contributed by atoms with Crippen molar-refractivity contribution in [1.82, 2.24) is 10.3 Å². The molecule has 0 atom stereocenters. The van der Waals surface area contributed by atoms with Gasteiger partial charge in [-0.15, -0.1) is 0 Å². The zero-order valence-electron chi connectivity index (χ0n) is 12.5. The molecule has 21 heavy (non-hydrogen) atoms. The average molecular weight is 353 g/mol. The van der Waals surface area contributed by atoms with Crippen LogP contribution < -0.4 is 5.32 Å². The molecule has 1 aromatic heterocycles. The van der Waals surface area contributed by atoms with E-state index in [2.05, 4.69) is 39.2 Å². The van der Waals surface area contributed by atoms with Gasteiger partial charge in [0.2, 0.25) is 0 Å². The van der Waals surface area contributed by atoms with Gasteiger partial charge >= 0.3 is 0 Å². The maximum Gasteiger partial charge on any atom is 0.194 e. The molecule has 1 N–H and O–H groups in total. The highest BCUT2D eigenvalue weighted by atomic mass is 79.9. The van der Waals surface area contributed by atoms with E-state index in [1.807, 2.05) is 12.1 Å². The molecule has 114 valence electrons. The van der Waals surface area contributed by atoms with Crippen LogP contribution in [0.1, 0.15) is 17.9 Å². The van der Waals surface area contributed by atoms with Crippen LogP contribution in [-0.4, -0.2) is 31.8 Å². The molecule has 0 aliphatic carbocycles. The van der Waals surface area contributed by atoms with Crippen molar-refractivity contribution in [2.45, 2.75) is 19.8 Å². The fourth-order valence-corrected chi connectivity index (χ4v) is 2.51. The molecule has 0 spiro atoms. The Bertz CT molecular complexity index is 569. The molecule has 1 aromatic carbocycles. The second-order valence-electron chi connectivity index (χ2n) is 4.90. The first-order chi connectivity index (χ1) is 10.2. The minimum absolute atomic E-state index is 0.741. The summed E-state index contributed by atoms with van der Waals surface area (Å²) in [5.41, 5.74) is 2.24. The Labute approximate surface area is 134 Å². The molecular weight excluding hydrogens is 332 g/mol. The van der Waals surface area contributed by atoms with Crippen LogP contribution in [0.3, 0.4) is 0 Å². The predicted molar refractivity (Wildman–Crippen MR) is 87.4 cm³/mol. The third-order valence-electron chi connectivity index (χ3n) is 3.24. The van der Waals surface area contributed by atoms with E-state index in [0.29, 0.717) is 0 Å². The fourth-order valence-electron chi connectivity index (χ4n) is 2.05. The summed E-state index contributed by atoms with van der Waals surface area (Å²) in [4.78, 5) is 4.36. The molecule has 0 fully saturated rings. The lowest BCUT2D eigenvalue weighted by atomic mass is 10.1. The molecule has 0 saturated heterocycles. The Morgan fingerprint density at radius 1 is 1.33 bits per heavy atom. The SMILES string of the molecule is COCCNCCCc1ncc(-c2cccc(C)c2Br)o1. The summed E-state index contributed by atoms with van der Waals surface area (Å²) in [7, 11) is 1.71. The predicted octanol–water partition coefficient (Wildman–Crippen LogP) is 3.58. The van der Waals surface area contributed by atoms with E-state index in [9.17, 15) is 0 Å². The first-order valence-electron chi connectivity index (χ1n) is 7.12. The number of rotatable bonds is 8. The molecule has 5 heteroatoms. The van der Waals surface area contributed by atoms with Crippen LogP contribution >= 0.6 is 15.9 Å². The average Bonchev–Trinajstić information content (AvgIpc) is 2.94. The molecule has 4 nitrogen and oxygen atoms in total. The maximum atomic E-state index is 5.84. The number of oxazole rings is 1. The second kappa shape index (κ2) is 8.32. The normalized spacial score (nSPS) is 11.0. The second-order valence-corrected chi connectivity index (χ2v) is 5.69. The zero-order valence-corrected chi connectivity index (χ0v) is 14.1. The van der Waals surface area contributed by atoms with Gasteiger partial charge in [-0.05, 0) is 41.4 Å². The molecule has 0 radical (unpaired) electrons. The third kappa shape index (κ3) is 4.66. The van der Waals surface area contributed by atoms with Crippen molar-refractivity contribution in [3.8, 4) is 11.3 Å². The molecule has 0 bridgehead atoms. The Hall–Kier alpha value is -1.17. The highest BCUT2D eigenvalue weighted by Crippen LogP contribution is 2.31. The van der Waals surface area contributed by atoms with Crippen molar-refractivity contribution < 1.29 is 9.15 Å². The minimum Gasteiger partial charge on any atom is -0.441 e. The standard InChI is InChI=1S/C16H21BrN2O2/c1-12-5-3-6-13(16(12)17)14-11-19-15(21-14)7-4-8-18-9-10-20-2/h3,5-6,11,18H,4,7-10H2,1-2H3. The topological polar surface area (TPSA) is 47.3 Å². The Balaban J connectivity index is 1.88. The molecule has 2 rings (SSSR count). The number of nitrogens with zero attached hydrogens (tertiary/aromatic N) is 1. The van der Waals surface area contributed by atoms with Crippen molar-refractivity contribution in [2.24, 2.45) is 0 Å². The van der Waals surface area contributed by atoms with Gasteiger partial charge in [0.25, 0.3) is 0 Å². The highest BCUT2D eigenvalue weighted by molar-refractivity contribution is 9.10. The van der Waals surface area contributed by atoms with E-state index >= 15 is 0 Å². The number of hydrogen-bond donors (Lipinski definition) is 1. The number of benzene rings is 1. The number of ether oxygens (including phenoxy) is 1. The molecule has 0 aliphatic heterocycles. The van der Waals surface area contributed by atoms with Gasteiger partial charge in [-0.1, -0.05) is 18.2 Å². The maximum absolute atomic E-state index is 5.84. The first kappa shape index (κ1) is 16.2. The Morgan fingerprint density at radius 3 is 3.00 bits per heavy atom. The van der Waals surface area contributed by atoms with E-state index in [1.54, 1.807) is 13.3 Å². The number of methoxy groups -OCH3 is 1. The lowest BCUT2D eigenvalue weighted by Gasteiger charge is -2.03. The third-order valence-corrected chi connectivity index (χ3v) is 4.29. The Morgan fingerprint density at radius 2 is 2.19 bits per heavy atom. The van der Waals surface area contributed by atoms with E-state index < -0.39 is 0 Å². The number of halogens is 1. The van der Waals surface area contributed by atoms with Crippen molar-refractivity contribution in [3.63, 3.8) is 0 Å². The van der Waals surface area contributed by atoms with Crippen LogP contribution in [0.2, 0.25) is 0 Å². The van der Waals surface area contributed by atoms with Crippen molar-refractivity contribution in [1.29, 1.82) is 0 Å². The monoisotopic (exact) mass is 352 g/mol. The highest BCUT2D eigenvalue weighted by Gasteiger charge is 2.10. The van der Waals surface area contributed by atoms with Crippen molar-refractivity contribution in [2.75, 3.05) is 26.8 Å². The summed E-state index contributed by atoms with van der Waals surface area (Å²) in [6.07, 6.45) is 3.63. The van der Waals surface area contributed by atoms with E-state index in [4.69, 9.17) is 9.15 Å². The van der Waals surface area contributed by atoms with Crippen molar-refractivity contribution in [3.05, 3.63) is 40.3 Å².